The fourth-order valence-corrected chi connectivity index (χ4v) is 4.38. The summed E-state index contributed by atoms with van der Waals surface area (Å²) >= 11 is 6.08. The second-order valence-electron chi connectivity index (χ2n) is 7.94. The van der Waals surface area contributed by atoms with Crippen molar-refractivity contribution in [2.75, 3.05) is 20.2 Å². The minimum Gasteiger partial charge on any atom is -0.497 e. The summed E-state index contributed by atoms with van der Waals surface area (Å²) in [6, 6.07) is 12.8. The Bertz CT molecular complexity index is 1490. The average Bonchev–Trinajstić information content (AvgIpc) is 2.93. The molecular weight excluding hydrogens is 550 g/mol. The van der Waals surface area contributed by atoms with Crippen molar-refractivity contribution in [2.45, 2.75) is 11.3 Å². The maximum absolute atomic E-state index is 12.7. The third-order valence-corrected chi connectivity index (χ3v) is 6.95. The zero-order valence-electron chi connectivity index (χ0n) is 20.6. The summed E-state index contributed by atoms with van der Waals surface area (Å²) < 4.78 is 32.3. The molecule has 0 aliphatic heterocycles. The van der Waals surface area contributed by atoms with Gasteiger partial charge in [0, 0.05) is 12.7 Å². The number of benzene rings is 2. The lowest BCUT2D eigenvalue weighted by Crippen LogP contribution is -2.36. The van der Waals surface area contributed by atoms with Gasteiger partial charge in [0.2, 0.25) is 5.91 Å². The number of methoxy groups -OCH3 is 1. The van der Waals surface area contributed by atoms with E-state index in [1.54, 1.807) is 24.3 Å². The molecule has 12 nitrogen and oxygen atoms in total. The zero-order valence-corrected chi connectivity index (χ0v) is 22.1. The van der Waals surface area contributed by atoms with Crippen molar-refractivity contribution in [3.05, 3.63) is 88.2 Å². The second kappa shape index (κ2) is 13.0. The Balaban J connectivity index is 1.56. The number of aromatic nitrogens is 1. The molecule has 3 rings (SSSR count). The van der Waals surface area contributed by atoms with Crippen LogP contribution < -0.4 is 25.8 Å². The Morgan fingerprint density at radius 1 is 0.974 bits per heavy atom. The topological polar surface area (TPSA) is 187 Å². The molecule has 0 atom stereocenters. The van der Waals surface area contributed by atoms with Crippen LogP contribution in [0, 0.1) is 0 Å². The van der Waals surface area contributed by atoms with Crippen LogP contribution in [0.3, 0.4) is 0 Å². The van der Waals surface area contributed by atoms with E-state index in [9.17, 15) is 27.6 Å². The van der Waals surface area contributed by atoms with Crippen molar-refractivity contribution in [1.29, 1.82) is 0 Å². The standard InChI is InChI=1S/C25H24ClN5O7S/c1-38-17-5-8-20(26)19(12-17)24(34)28-11-10-15-2-6-18(7-3-15)39(36,37)31-23(33)16-4-9-21(29-14-16)25(35)30-22(32)13-27/h2-9,12,14H,10-11,13,27H2,1H3,(H,28,34)(H,31,33)(H,30,32,35). The van der Waals surface area contributed by atoms with Gasteiger partial charge in [0.1, 0.15) is 11.4 Å². The molecule has 3 aromatic rings. The maximum atomic E-state index is 12.7. The third-order valence-electron chi connectivity index (χ3n) is 5.27. The third kappa shape index (κ3) is 7.83. The van der Waals surface area contributed by atoms with Crippen molar-refractivity contribution in [2.24, 2.45) is 5.73 Å². The summed E-state index contributed by atoms with van der Waals surface area (Å²) in [7, 11) is -2.73. The lowest BCUT2D eigenvalue weighted by Gasteiger charge is -2.10. The number of halogens is 1. The van der Waals surface area contributed by atoms with Crippen LogP contribution in [0.1, 0.15) is 36.8 Å². The van der Waals surface area contributed by atoms with Crippen molar-refractivity contribution in [1.82, 2.24) is 20.3 Å². The Morgan fingerprint density at radius 3 is 2.31 bits per heavy atom. The first kappa shape index (κ1) is 29.2. The smallest absolute Gasteiger partial charge is 0.276 e. The number of nitrogens with one attached hydrogen (secondary N) is 3. The Labute approximate surface area is 228 Å². The number of sulfonamides is 1. The van der Waals surface area contributed by atoms with Gasteiger partial charge < -0.3 is 15.8 Å². The zero-order chi connectivity index (χ0) is 28.6. The first-order chi connectivity index (χ1) is 18.5. The molecule has 0 fully saturated rings. The highest BCUT2D eigenvalue weighted by molar-refractivity contribution is 7.90. The van der Waals surface area contributed by atoms with Crippen molar-refractivity contribution >= 4 is 45.3 Å². The molecule has 4 amide bonds. The number of amides is 4. The molecule has 0 spiro atoms. The molecule has 0 aliphatic carbocycles. The van der Waals surface area contributed by atoms with E-state index in [2.05, 4.69) is 10.3 Å². The summed E-state index contributed by atoms with van der Waals surface area (Å²) in [5.74, 6) is -2.37. The van der Waals surface area contributed by atoms with Crippen LogP contribution in [-0.4, -0.2) is 57.2 Å². The van der Waals surface area contributed by atoms with Gasteiger partial charge in [-0.1, -0.05) is 23.7 Å². The minimum absolute atomic E-state index is 0.122. The number of hydrogen-bond donors (Lipinski definition) is 4. The number of rotatable bonds is 10. The van der Waals surface area contributed by atoms with Crippen LogP contribution in [0.25, 0.3) is 0 Å². The molecule has 14 heteroatoms. The quantitative estimate of drug-likeness (QED) is 0.275. The summed E-state index contributed by atoms with van der Waals surface area (Å²) in [5, 5.41) is 5.02. The van der Waals surface area contributed by atoms with E-state index in [-0.39, 0.29) is 45.7 Å². The number of ether oxygens (including phenoxy) is 1. The van der Waals surface area contributed by atoms with E-state index in [0.29, 0.717) is 12.2 Å². The lowest BCUT2D eigenvalue weighted by molar-refractivity contribution is -0.118. The van der Waals surface area contributed by atoms with Gasteiger partial charge in [-0.2, -0.15) is 0 Å². The van der Waals surface area contributed by atoms with E-state index in [0.717, 1.165) is 17.8 Å². The van der Waals surface area contributed by atoms with Crippen LogP contribution in [0.2, 0.25) is 5.02 Å². The van der Waals surface area contributed by atoms with Gasteiger partial charge in [0.05, 0.1) is 34.7 Å². The fourth-order valence-electron chi connectivity index (χ4n) is 3.20. The minimum atomic E-state index is -4.21. The molecule has 204 valence electrons. The van der Waals surface area contributed by atoms with Gasteiger partial charge in [-0.3, -0.25) is 29.5 Å². The predicted octanol–water partition coefficient (Wildman–Crippen LogP) is 1.05. The Morgan fingerprint density at radius 2 is 1.69 bits per heavy atom. The molecule has 0 saturated carbocycles. The van der Waals surface area contributed by atoms with Crippen LogP contribution in [-0.2, 0) is 21.2 Å². The number of pyridine rings is 1. The molecule has 1 heterocycles. The average molecular weight is 574 g/mol. The van der Waals surface area contributed by atoms with Crippen LogP contribution in [0.15, 0.2) is 65.7 Å². The summed E-state index contributed by atoms with van der Waals surface area (Å²) in [6.45, 7) is -0.127. The summed E-state index contributed by atoms with van der Waals surface area (Å²) in [6.07, 6.45) is 1.41. The van der Waals surface area contributed by atoms with E-state index in [4.69, 9.17) is 22.1 Å². The van der Waals surface area contributed by atoms with Crippen LogP contribution >= 0.6 is 11.6 Å². The molecule has 0 bridgehead atoms. The monoisotopic (exact) mass is 573 g/mol. The highest BCUT2D eigenvalue weighted by Gasteiger charge is 2.20. The molecule has 5 N–H and O–H groups in total. The van der Waals surface area contributed by atoms with Gasteiger partial charge in [-0.25, -0.2) is 13.1 Å². The molecule has 0 radical (unpaired) electrons. The highest BCUT2D eigenvalue weighted by atomic mass is 35.5. The van der Waals surface area contributed by atoms with Gasteiger partial charge in [0.15, 0.2) is 0 Å². The fraction of sp³-hybridized carbons (Fsp3) is 0.160. The second-order valence-corrected chi connectivity index (χ2v) is 10.0. The highest BCUT2D eigenvalue weighted by Crippen LogP contribution is 2.22. The SMILES string of the molecule is COc1ccc(Cl)c(C(=O)NCCc2ccc(S(=O)(=O)NC(=O)c3ccc(C(=O)NC(=O)CN)nc3)cc2)c1. The van der Waals surface area contributed by atoms with E-state index >= 15 is 0 Å². The molecule has 39 heavy (non-hydrogen) atoms. The van der Waals surface area contributed by atoms with E-state index < -0.39 is 27.7 Å². The number of carbonyl (C=O) groups is 4. The van der Waals surface area contributed by atoms with Crippen LogP contribution in [0.4, 0.5) is 0 Å². The molecule has 0 unspecified atom stereocenters. The van der Waals surface area contributed by atoms with Crippen LogP contribution in [0.5, 0.6) is 5.75 Å². The number of nitrogens with zero attached hydrogens (tertiary/aromatic N) is 1. The molecule has 0 saturated heterocycles. The number of carbonyl (C=O) groups excluding carboxylic acids is 4. The summed E-state index contributed by atoms with van der Waals surface area (Å²) in [4.78, 5) is 51.5. The summed E-state index contributed by atoms with van der Waals surface area (Å²) in [5.41, 5.74) is 5.85. The van der Waals surface area contributed by atoms with E-state index in [1.165, 1.54) is 31.4 Å². The van der Waals surface area contributed by atoms with E-state index in [1.807, 2.05) is 10.0 Å². The number of nitrogens with two attached hydrogens (primary N) is 1. The number of hydrogen-bond acceptors (Lipinski definition) is 9. The lowest BCUT2D eigenvalue weighted by atomic mass is 10.1. The maximum Gasteiger partial charge on any atom is 0.276 e. The number of imide groups is 1. The van der Waals surface area contributed by atoms with Crippen molar-refractivity contribution in [3.63, 3.8) is 0 Å². The Kier molecular flexibility index (Phi) is 9.71. The van der Waals surface area contributed by atoms with Gasteiger partial charge in [0.25, 0.3) is 27.7 Å². The van der Waals surface area contributed by atoms with Crippen molar-refractivity contribution in [3.8, 4) is 5.75 Å². The Hall–Kier alpha value is -4.33. The van der Waals surface area contributed by atoms with Gasteiger partial charge >= 0.3 is 0 Å². The molecule has 1 aromatic heterocycles. The molecular formula is C25H24ClN5O7S. The van der Waals surface area contributed by atoms with Gasteiger partial charge in [-0.05, 0) is 54.4 Å². The predicted molar refractivity (Wildman–Crippen MR) is 141 cm³/mol. The van der Waals surface area contributed by atoms with Crippen molar-refractivity contribution < 1.29 is 32.3 Å². The van der Waals surface area contributed by atoms with Gasteiger partial charge in [-0.15, -0.1) is 0 Å². The molecule has 0 aliphatic rings. The first-order valence-corrected chi connectivity index (χ1v) is 13.2. The largest absolute Gasteiger partial charge is 0.497 e. The molecule has 2 aromatic carbocycles. The normalized spacial score (nSPS) is 10.8. The first-order valence-electron chi connectivity index (χ1n) is 11.3.